The minimum Gasteiger partial charge on any atom is -0.665 e. The van der Waals surface area contributed by atoms with Crippen LogP contribution in [0.1, 0.15) is 9.67 Å². The first-order valence-electron chi connectivity index (χ1n) is 4.21. The Kier molecular flexibility index (Phi) is 84.0. The van der Waals surface area contributed by atoms with Crippen molar-refractivity contribution in [3.8, 4) is 0 Å². The number of nitrogens with one attached hydrogen (secondary N) is 2. The SMILES string of the molecule is CN[C-]=O.O=[C-]O.[2H]C(=O)O.[2H]C(C)N[C-]=O.[Y+3]. The zero-order valence-electron chi connectivity index (χ0n) is 10.7. The fourth-order valence-electron chi connectivity index (χ4n) is 0.0589. The number of rotatable bonds is 3. The minimum absolute atomic E-state index is 0. The Morgan fingerprint density at radius 3 is 1.69 bits per heavy atom. The number of aliphatic hydroxyl groups excluding tert-OH is 1. The maximum atomic E-state index is 9.26. The van der Waals surface area contributed by atoms with Crippen LogP contribution in [-0.4, -0.2) is 49.5 Å². The molecule has 0 radical (unpaired) electrons. The zero-order valence-corrected chi connectivity index (χ0v) is 11.5. The van der Waals surface area contributed by atoms with E-state index in [-0.39, 0.29) is 32.7 Å². The molecule has 90 valence electrons. The van der Waals surface area contributed by atoms with Gasteiger partial charge in [-0.25, -0.2) is 0 Å². The second kappa shape index (κ2) is 65.8. The molecular weight excluding hydrogens is 297 g/mol. The van der Waals surface area contributed by atoms with Gasteiger partial charge >= 0.3 is 32.7 Å². The summed E-state index contributed by atoms with van der Waals surface area (Å²) in [6.45, 7) is 1.52. The van der Waals surface area contributed by atoms with Crippen molar-refractivity contribution in [2.75, 3.05) is 13.6 Å². The van der Waals surface area contributed by atoms with E-state index in [0.29, 0.717) is 6.47 Å². The molecule has 0 heterocycles. The van der Waals surface area contributed by atoms with E-state index in [1.807, 2.05) is 0 Å². The van der Waals surface area contributed by atoms with Crippen molar-refractivity contribution >= 4 is 25.7 Å². The van der Waals surface area contributed by atoms with Crippen LogP contribution in [0.5, 0.6) is 0 Å². The third kappa shape index (κ3) is 474. The molecule has 1 unspecified atom stereocenters. The molecule has 0 aliphatic rings. The van der Waals surface area contributed by atoms with Crippen LogP contribution in [0.2, 0.25) is 0 Å². The monoisotopic (exact) mass is 312 g/mol. The van der Waals surface area contributed by atoms with E-state index in [0.717, 1.165) is 0 Å². The van der Waals surface area contributed by atoms with Crippen molar-refractivity contribution in [1.29, 1.82) is 0 Å². The molecule has 16 heavy (non-hydrogen) atoms. The van der Waals surface area contributed by atoms with E-state index in [1.54, 1.807) is 6.92 Å². The number of hydrogen-bond acceptors (Lipinski definition) is 4. The number of carbonyl (C=O) groups excluding carboxylic acids is 2. The van der Waals surface area contributed by atoms with Gasteiger partial charge in [-0.1, -0.05) is 13.4 Å². The molecule has 0 aromatic heterocycles. The largest absolute Gasteiger partial charge is 3.00 e. The number of carbonyl (C=O) groups is 1. The molecule has 4 N–H and O–H groups in total. The number of carboxylic acid groups (broad SMARTS) is 1. The summed E-state index contributed by atoms with van der Waals surface area (Å²) >= 11 is 0. The maximum absolute atomic E-state index is 9.26. The third-order valence-electron chi connectivity index (χ3n) is 0.305. The zero-order chi connectivity index (χ0) is 14.7. The second-order valence-electron chi connectivity index (χ2n) is 1.07. The predicted molar refractivity (Wildman–Crippen MR) is 51.1 cm³/mol. The molecule has 1 atom stereocenters. The molecule has 9 heteroatoms. The van der Waals surface area contributed by atoms with Crippen LogP contribution in [0.3, 0.4) is 0 Å². The van der Waals surface area contributed by atoms with Crippen molar-refractivity contribution in [3.63, 3.8) is 0 Å². The van der Waals surface area contributed by atoms with Crippen LogP contribution in [0.15, 0.2) is 0 Å². The number of hydrogen-bond donors (Lipinski definition) is 4. The second-order valence-corrected chi connectivity index (χ2v) is 1.07. The van der Waals surface area contributed by atoms with Gasteiger partial charge in [-0.15, -0.1) is 0 Å². The van der Waals surface area contributed by atoms with Crippen LogP contribution in [0.25, 0.3) is 0 Å². The average molecular weight is 312 g/mol. The molecule has 0 aliphatic carbocycles. The van der Waals surface area contributed by atoms with Crippen molar-refractivity contribution in [2.45, 2.75) is 6.92 Å². The number of amides is 2. The van der Waals surface area contributed by atoms with Gasteiger partial charge in [-0.05, 0) is 13.6 Å². The van der Waals surface area contributed by atoms with Gasteiger partial charge in [-0.2, -0.15) is 12.8 Å². The smallest absolute Gasteiger partial charge is 0.665 e. The maximum Gasteiger partial charge on any atom is 3.00 e. The Balaban J connectivity index is -0.0000000424. The van der Waals surface area contributed by atoms with Crippen molar-refractivity contribution in [1.82, 2.24) is 10.6 Å². The predicted octanol–water partition coefficient (Wildman–Crippen LogP) is -1.75. The quantitative estimate of drug-likeness (QED) is 0.277. The molecule has 0 rings (SSSR count). The van der Waals surface area contributed by atoms with Crippen LogP contribution < -0.4 is 10.6 Å². The van der Waals surface area contributed by atoms with Gasteiger partial charge in [-0.3, -0.25) is 4.79 Å². The average Bonchev–Trinajstić information content (AvgIpc) is 2.18. The van der Waals surface area contributed by atoms with Crippen LogP contribution in [-0.2, 0) is 51.9 Å². The van der Waals surface area contributed by atoms with E-state index < -0.39 is 13.0 Å². The summed E-state index contributed by atoms with van der Waals surface area (Å²) in [5, 5.41) is 18.0. The van der Waals surface area contributed by atoms with Gasteiger partial charge in [0.2, 0.25) is 0 Å². The topological polar surface area (TPSA) is 133 Å². The van der Waals surface area contributed by atoms with Crippen molar-refractivity contribution in [3.05, 3.63) is 0 Å². The molecule has 2 amide bonds. The van der Waals surface area contributed by atoms with Gasteiger partial charge in [0.05, 0.1) is 0 Å². The molecule has 8 nitrogen and oxygen atoms in total. The van der Waals surface area contributed by atoms with E-state index in [1.165, 1.54) is 19.9 Å². The van der Waals surface area contributed by atoms with Gasteiger partial charge in [0.25, 0.3) is 6.45 Å². The van der Waals surface area contributed by atoms with E-state index in [9.17, 15) is 4.79 Å². The molecule has 0 saturated heterocycles. The first-order valence-corrected chi connectivity index (χ1v) is 3.13. The molecule has 0 saturated carbocycles. The summed E-state index contributed by atoms with van der Waals surface area (Å²) in [6, 6.07) is 0. The van der Waals surface area contributed by atoms with Gasteiger partial charge in [0, 0.05) is 1.37 Å². The van der Waals surface area contributed by atoms with Crippen LogP contribution in [0.4, 0.5) is 0 Å². The van der Waals surface area contributed by atoms with E-state index in [2.05, 4.69) is 10.6 Å². The normalized spacial score (nSPS) is 8.62. The fourth-order valence-corrected chi connectivity index (χ4v) is 0.0589. The summed E-state index contributed by atoms with van der Waals surface area (Å²) in [7, 11) is 1.51. The van der Waals surface area contributed by atoms with Crippen LogP contribution >= 0.6 is 0 Å². The first-order chi connectivity index (χ1) is 7.83. The molecule has 0 spiro atoms. The Bertz CT molecular complexity index is 193. The fraction of sp³-hybridized carbons (Fsp3) is 0.429. The Hall–Kier alpha value is -1.02. The van der Waals surface area contributed by atoms with Gasteiger partial charge in [0.15, 0.2) is 1.37 Å². The van der Waals surface area contributed by atoms with E-state index >= 15 is 0 Å². The Morgan fingerprint density at radius 2 is 1.69 bits per heavy atom. The van der Waals surface area contributed by atoms with Gasteiger partial charge < -0.3 is 35.2 Å². The Labute approximate surface area is 121 Å². The summed E-state index contributed by atoms with van der Waals surface area (Å²) in [5.41, 5.74) is 0. The molecule has 0 bridgehead atoms. The molecule has 0 aromatic carbocycles. The molecule has 0 aromatic rings. The summed E-state index contributed by atoms with van der Waals surface area (Å²) in [5.74, 6) is 0. The van der Waals surface area contributed by atoms with Crippen LogP contribution in [0, 0.1) is 0 Å². The Morgan fingerprint density at radius 1 is 1.44 bits per heavy atom. The van der Waals surface area contributed by atoms with E-state index in [4.69, 9.17) is 27.3 Å². The molecule has 0 fully saturated rings. The standard InChI is InChI=1S/C3H6NO.C2H4NO.CH2O2.CHO2.Y/c1-2-4-3-5;1-3-2-4;2*2-1-3;/h2H2,1H3,(H,4,5);1H3,(H,3,4);1H,(H,2,3);(H,2,3);/q2*-1;;-1;+3/i2D;;1D;;. The third-order valence-corrected chi connectivity index (χ3v) is 0.305. The summed E-state index contributed by atoms with van der Waals surface area (Å²) < 4.78 is 12.1. The van der Waals surface area contributed by atoms with Crippen molar-refractivity contribution in [2.24, 2.45) is 0 Å². The molecular formula is C7H13N2O6Y. The summed E-state index contributed by atoms with van der Waals surface area (Å²) in [4.78, 5) is 35.1. The summed E-state index contributed by atoms with van der Waals surface area (Å²) in [6.07, 6.45) is 1.23. The van der Waals surface area contributed by atoms with Crippen molar-refractivity contribution < 1.29 is 64.8 Å². The first kappa shape index (κ1) is 20.4. The molecule has 0 aliphatic heterocycles. The minimum atomic E-state index is -1.58. The van der Waals surface area contributed by atoms with Gasteiger partial charge in [0.1, 0.15) is 0 Å².